The van der Waals surface area contributed by atoms with E-state index in [0.717, 1.165) is 71.0 Å². The summed E-state index contributed by atoms with van der Waals surface area (Å²) in [5.41, 5.74) is 2.49. The number of hydrogen-bond donors (Lipinski definition) is 0. The van der Waals surface area contributed by atoms with E-state index in [1.54, 1.807) is 4.90 Å². The number of piperazine rings is 1. The van der Waals surface area contributed by atoms with Gasteiger partial charge in [-0.15, -0.1) is 0 Å². The normalized spacial score (nSPS) is 20.7. The van der Waals surface area contributed by atoms with Gasteiger partial charge >= 0.3 is 12.1 Å². The van der Waals surface area contributed by atoms with Gasteiger partial charge in [-0.05, 0) is 64.7 Å². The molecule has 0 N–H and O–H groups in total. The van der Waals surface area contributed by atoms with Gasteiger partial charge in [0.25, 0.3) is 0 Å². The zero-order valence-electron chi connectivity index (χ0n) is 26.6. The summed E-state index contributed by atoms with van der Waals surface area (Å²) in [5.74, 6) is 1.27. The third-order valence-electron chi connectivity index (χ3n) is 8.87. The van der Waals surface area contributed by atoms with Crippen molar-refractivity contribution in [1.29, 1.82) is 5.26 Å². The number of fused-ring (bicyclic) bond motifs is 2. The number of carbonyl (C=O) groups excluding carboxylic acids is 1. The smallest absolute Gasteiger partial charge is 0.410 e. The molecule has 3 aromatic rings. The third-order valence-corrected chi connectivity index (χ3v) is 9.18. The number of halogens is 1. The fourth-order valence-corrected chi connectivity index (χ4v) is 6.98. The first-order valence-corrected chi connectivity index (χ1v) is 16.2. The number of rotatable bonds is 6. The standard InChI is InChI=1S/C34H42ClN7O3/c1-34(2,3)45-33(43)42-18-17-41(20-25(42)11-14-36)31-26-13-16-40(29-10-6-8-24-7-5-9-27(35)30(24)29)21-28(26)37-32(38-31)44-22-23-12-15-39(4)19-23/h5-10,23,25H,11-13,15-22H2,1-4H3/t23-,25+/m1/s1. The summed E-state index contributed by atoms with van der Waals surface area (Å²) in [6, 6.07) is 14.6. The number of amides is 1. The van der Waals surface area contributed by atoms with Crippen molar-refractivity contribution in [2.75, 3.05) is 62.7 Å². The Hall–Kier alpha value is -3.81. The van der Waals surface area contributed by atoms with Crippen molar-refractivity contribution in [3.05, 3.63) is 52.7 Å². The molecule has 238 valence electrons. The van der Waals surface area contributed by atoms with Crippen LogP contribution >= 0.6 is 11.6 Å². The minimum atomic E-state index is -0.613. The van der Waals surface area contributed by atoms with E-state index >= 15 is 0 Å². The second-order valence-electron chi connectivity index (χ2n) is 13.4. The molecule has 0 aliphatic carbocycles. The second kappa shape index (κ2) is 12.9. The highest BCUT2D eigenvalue weighted by molar-refractivity contribution is 6.36. The summed E-state index contributed by atoms with van der Waals surface area (Å²) >= 11 is 6.71. The van der Waals surface area contributed by atoms with Crippen molar-refractivity contribution in [1.82, 2.24) is 19.8 Å². The van der Waals surface area contributed by atoms with Crippen LogP contribution < -0.4 is 14.5 Å². The Labute approximate surface area is 270 Å². The van der Waals surface area contributed by atoms with Crippen LogP contribution in [-0.2, 0) is 17.7 Å². The van der Waals surface area contributed by atoms with Crippen LogP contribution in [0.3, 0.4) is 0 Å². The minimum Gasteiger partial charge on any atom is -0.463 e. The lowest BCUT2D eigenvalue weighted by atomic mass is 10.0. The molecule has 2 fully saturated rings. The minimum absolute atomic E-state index is 0.206. The van der Waals surface area contributed by atoms with E-state index in [-0.39, 0.29) is 18.6 Å². The number of anilines is 2. The molecule has 0 spiro atoms. The van der Waals surface area contributed by atoms with Crippen LogP contribution in [0, 0.1) is 17.2 Å². The molecule has 0 saturated carbocycles. The molecule has 11 heteroatoms. The predicted molar refractivity (Wildman–Crippen MR) is 176 cm³/mol. The van der Waals surface area contributed by atoms with Crippen molar-refractivity contribution in [3.63, 3.8) is 0 Å². The average Bonchev–Trinajstić information content (AvgIpc) is 3.43. The fourth-order valence-electron chi connectivity index (χ4n) is 6.70. The Balaban J connectivity index is 1.31. The van der Waals surface area contributed by atoms with Crippen LogP contribution in [0.25, 0.3) is 10.8 Å². The molecule has 1 aromatic heterocycles. The Morgan fingerprint density at radius 2 is 1.87 bits per heavy atom. The van der Waals surface area contributed by atoms with Crippen LogP contribution in [-0.4, -0.2) is 90.4 Å². The number of likely N-dealkylation sites (tertiary alicyclic amines) is 1. The number of carbonyl (C=O) groups is 1. The van der Waals surface area contributed by atoms with Crippen molar-refractivity contribution >= 4 is 40.0 Å². The van der Waals surface area contributed by atoms with Crippen LogP contribution in [0.5, 0.6) is 6.01 Å². The molecule has 0 unspecified atom stereocenters. The Morgan fingerprint density at radius 1 is 1.07 bits per heavy atom. The first-order chi connectivity index (χ1) is 21.6. The van der Waals surface area contributed by atoms with Crippen LogP contribution in [0.15, 0.2) is 36.4 Å². The van der Waals surface area contributed by atoms with E-state index in [9.17, 15) is 10.1 Å². The summed E-state index contributed by atoms with van der Waals surface area (Å²) in [6.45, 7) is 11.0. The zero-order valence-corrected chi connectivity index (χ0v) is 27.4. The Morgan fingerprint density at radius 3 is 2.60 bits per heavy atom. The number of ether oxygens (including phenoxy) is 2. The number of aromatic nitrogens is 2. The summed E-state index contributed by atoms with van der Waals surface area (Å²) in [4.78, 5) is 31.6. The van der Waals surface area contributed by atoms with Gasteiger partial charge in [0.1, 0.15) is 11.4 Å². The molecule has 1 amide bonds. The van der Waals surface area contributed by atoms with E-state index < -0.39 is 5.60 Å². The van der Waals surface area contributed by atoms with Gasteiger partial charge in [-0.1, -0.05) is 35.9 Å². The van der Waals surface area contributed by atoms with Gasteiger partial charge in [0.05, 0.1) is 42.4 Å². The molecule has 3 aliphatic rings. The molecular formula is C34H42ClN7O3. The van der Waals surface area contributed by atoms with Crippen molar-refractivity contribution in [2.45, 2.75) is 58.2 Å². The van der Waals surface area contributed by atoms with Crippen LogP contribution in [0.4, 0.5) is 16.3 Å². The maximum atomic E-state index is 13.1. The van der Waals surface area contributed by atoms with Gasteiger partial charge in [-0.3, -0.25) is 0 Å². The fraction of sp³-hybridized carbons (Fsp3) is 0.529. The molecule has 6 rings (SSSR count). The molecule has 45 heavy (non-hydrogen) atoms. The average molecular weight is 632 g/mol. The molecule has 10 nitrogen and oxygen atoms in total. The molecule has 2 saturated heterocycles. The molecule has 3 aliphatic heterocycles. The maximum Gasteiger partial charge on any atom is 0.410 e. The number of hydrogen-bond acceptors (Lipinski definition) is 9. The Kier molecular flexibility index (Phi) is 8.94. The largest absolute Gasteiger partial charge is 0.463 e. The number of nitriles is 1. The lowest BCUT2D eigenvalue weighted by Gasteiger charge is -2.42. The lowest BCUT2D eigenvalue weighted by molar-refractivity contribution is 0.0144. The summed E-state index contributed by atoms with van der Waals surface area (Å²) in [6.07, 6.45) is 1.65. The summed E-state index contributed by atoms with van der Waals surface area (Å²) in [7, 11) is 2.14. The number of benzene rings is 2. The molecular weight excluding hydrogens is 590 g/mol. The third kappa shape index (κ3) is 6.90. The molecule has 0 radical (unpaired) electrons. The molecule has 2 atom stereocenters. The van der Waals surface area contributed by atoms with E-state index in [0.29, 0.717) is 44.7 Å². The predicted octanol–water partition coefficient (Wildman–Crippen LogP) is 5.52. The molecule has 2 aromatic carbocycles. The van der Waals surface area contributed by atoms with Gasteiger partial charge in [0.2, 0.25) is 0 Å². The maximum absolute atomic E-state index is 13.1. The Bertz CT molecular complexity index is 1600. The topological polar surface area (TPSA) is 98.1 Å². The van der Waals surface area contributed by atoms with Crippen molar-refractivity contribution in [3.8, 4) is 12.1 Å². The quantitative estimate of drug-likeness (QED) is 0.348. The highest BCUT2D eigenvalue weighted by atomic mass is 35.5. The highest BCUT2D eigenvalue weighted by Crippen LogP contribution is 2.37. The van der Waals surface area contributed by atoms with Gasteiger partial charge in [0.15, 0.2) is 0 Å². The number of nitrogens with zero attached hydrogens (tertiary/aromatic N) is 7. The van der Waals surface area contributed by atoms with Crippen molar-refractivity contribution < 1.29 is 14.3 Å². The van der Waals surface area contributed by atoms with Gasteiger partial charge < -0.3 is 29.1 Å². The van der Waals surface area contributed by atoms with Crippen LogP contribution in [0.2, 0.25) is 5.02 Å². The first-order valence-electron chi connectivity index (χ1n) is 15.8. The van der Waals surface area contributed by atoms with E-state index in [2.05, 4.69) is 52.1 Å². The highest BCUT2D eigenvalue weighted by Gasteiger charge is 2.36. The summed E-state index contributed by atoms with van der Waals surface area (Å²) in [5, 5.41) is 12.5. The van der Waals surface area contributed by atoms with E-state index in [4.69, 9.17) is 31.0 Å². The lowest BCUT2D eigenvalue weighted by Crippen LogP contribution is -2.56. The van der Waals surface area contributed by atoms with E-state index in [1.165, 1.54) is 0 Å². The van der Waals surface area contributed by atoms with Gasteiger partial charge in [-0.2, -0.15) is 15.2 Å². The zero-order chi connectivity index (χ0) is 31.7. The van der Waals surface area contributed by atoms with Gasteiger partial charge in [0, 0.05) is 55.3 Å². The van der Waals surface area contributed by atoms with Crippen molar-refractivity contribution in [2.24, 2.45) is 5.92 Å². The summed E-state index contributed by atoms with van der Waals surface area (Å²) < 4.78 is 12.0. The van der Waals surface area contributed by atoms with E-state index in [1.807, 2.05) is 32.9 Å². The second-order valence-corrected chi connectivity index (χ2v) is 13.8. The van der Waals surface area contributed by atoms with Gasteiger partial charge in [-0.25, -0.2) is 4.79 Å². The molecule has 0 bridgehead atoms. The molecule has 4 heterocycles. The SMILES string of the molecule is CN1CC[C@@H](COc2nc3c(c(N4CCN(C(=O)OC(C)(C)C)[C@@H](CC#N)C4)n2)CCN(c2cccc4cccc(Cl)c24)C3)C1. The monoisotopic (exact) mass is 631 g/mol. The van der Waals surface area contributed by atoms with Crippen LogP contribution in [0.1, 0.15) is 44.9 Å². The first kappa shape index (κ1) is 31.2.